The van der Waals surface area contributed by atoms with Crippen LogP contribution in [0.15, 0.2) is 18.3 Å². The molecule has 0 spiro atoms. The summed E-state index contributed by atoms with van der Waals surface area (Å²) in [5.74, 6) is -0.416. The van der Waals surface area contributed by atoms with E-state index in [1.54, 1.807) is 20.4 Å². The topological polar surface area (TPSA) is 62.4 Å². The van der Waals surface area contributed by atoms with Crippen molar-refractivity contribution in [3.8, 4) is 5.75 Å². The van der Waals surface area contributed by atoms with Gasteiger partial charge in [0.2, 0.25) is 0 Å². The molecule has 106 valence electrons. The number of fused-ring (bicyclic) bond motifs is 1. The second-order valence-corrected chi connectivity index (χ2v) is 4.69. The van der Waals surface area contributed by atoms with E-state index < -0.39 is 11.7 Å². The molecule has 0 aliphatic carbocycles. The normalized spacial score (nSPS) is 10.6. The Kier molecular flexibility index (Phi) is 3.79. The molecule has 2 rings (SSSR count). The third kappa shape index (κ3) is 2.15. The summed E-state index contributed by atoms with van der Waals surface area (Å²) in [6.07, 6.45) is 1.57. The number of likely N-dealkylation sites (N-methyl/N-ethyl adjacent to an activating group) is 1. The van der Waals surface area contributed by atoms with Crippen LogP contribution in [0.4, 0.5) is 0 Å². The number of Topliss-reactive ketones (excluding diaryl/α,β-unsaturated/α-hetero) is 1. The number of ether oxygens (including phenoxy) is 1. The minimum Gasteiger partial charge on any atom is -0.496 e. The van der Waals surface area contributed by atoms with Crippen molar-refractivity contribution in [3.63, 3.8) is 0 Å². The van der Waals surface area contributed by atoms with Crippen LogP contribution in [-0.4, -0.2) is 42.3 Å². The van der Waals surface area contributed by atoms with Crippen LogP contribution in [0.1, 0.15) is 22.8 Å². The molecular formula is C15H18N2O3. The molecular weight excluding hydrogens is 256 g/mol. The molecule has 0 fully saturated rings. The van der Waals surface area contributed by atoms with Gasteiger partial charge in [-0.05, 0) is 25.5 Å². The van der Waals surface area contributed by atoms with E-state index in [1.807, 2.05) is 26.0 Å². The molecule has 5 nitrogen and oxygen atoms in total. The summed E-state index contributed by atoms with van der Waals surface area (Å²) in [7, 11) is 3.17. The minimum absolute atomic E-state index is 0.353. The van der Waals surface area contributed by atoms with Crippen molar-refractivity contribution >= 4 is 22.6 Å². The number of aromatic amines is 1. The zero-order valence-corrected chi connectivity index (χ0v) is 12.1. The number of rotatable bonds is 4. The first-order valence-electron chi connectivity index (χ1n) is 6.45. The number of ketones is 1. The van der Waals surface area contributed by atoms with Crippen LogP contribution in [0.25, 0.3) is 10.9 Å². The molecule has 5 heteroatoms. The summed E-state index contributed by atoms with van der Waals surface area (Å²) in [5, 5.41) is 0.662. The second-order valence-electron chi connectivity index (χ2n) is 4.69. The first-order chi connectivity index (χ1) is 9.51. The molecule has 20 heavy (non-hydrogen) atoms. The van der Waals surface area contributed by atoms with E-state index in [0.717, 1.165) is 11.1 Å². The fraction of sp³-hybridized carbons (Fsp3) is 0.333. The second kappa shape index (κ2) is 5.36. The fourth-order valence-electron chi connectivity index (χ4n) is 2.17. The predicted molar refractivity (Wildman–Crippen MR) is 77.2 cm³/mol. The van der Waals surface area contributed by atoms with Gasteiger partial charge in [-0.25, -0.2) is 0 Å². The highest BCUT2D eigenvalue weighted by Gasteiger charge is 2.24. The van der Waals surface area contributed by atoms with Crippen molar-refractivity contribution < 1.29 is 14.3 Å². The molecule has 1 N–H and O–H groups in total. The molecule has 1 amide bonds. The van der Waals surface area contributed by atoms with Crippen molar-refractivity contribution in [2.45, 2.75) is 13.8 Å². The Morgan fingerprint density at radius 1 is 1.35 bits per heavy atom. The number of aromatic nitrogens is 1. The Labute approximate surface area is 117 Å². The molecule has 0 saturated carbocycles. The summed E-state index contributed by atoms with van der Waals surface area (Å²) in [4.78, 5) is 28.8. The summed E-state index contributed by atoms with van der Waals surface area (Å²) >= 11 is 0. The van der Waals surface area contributed by atoms with Gasteiger partial charge >= 0.3 is 0 Å². The molecule has 0 aliphatic heterocycles. The van der Waals surface area contributed by atoms with E-state index in [2.05, 4.69) is 4.98 Å². The van der Waals surface area contributed by atoms with E-state index in [4.69, 9.17) is 4.74 Å². The Morgan fingerprint density at radius 2 is 2.05 bits per heavy atom. The van der Waals surface area contributed by atoms with Gasteiger partial charge in [-0.15, -0.1) is 0 Å². The average Bonchev–Trinajstić information content (AvgIpc) is 2.88. The van der Waals surface area contributed by atoms with Gasteiger partial charge < -0.3 is 14.6 Å². The van der Waals surface area contributed by atoms with Crippen LogP contribution in [-0.2, 0) is 4.79 Å². The lowest BCUT2D eigenvalue weighted by Gasteiger charge is -2.13. The van der Waals surface area contributed by atoms with Crippen molar-refractivity contribution in [1.29, 1.82) is 0 Å². The fourth-order valence-corrected chi connectivity index (χ4v) is 2.17. The standard InChI is InChI=1S/C15H18N2O3/c1-5-17(3)15(19)13(18)10-8-16-11-7-6-9(2)14(20-4)12(10)11/h6-8,16H,5H2,1-4H3. The Balaban J connectivity index is 2.58. The van der Waals surface area contributed by atoms with Crippen molar-refractivity contribution in [1.82, 2.24) is 9.88 Å². The van der Waals surface area contributed by atoms with Crippen LogP contribution < -0.4 is 4.74 Å². The third-order valence-corrected chi connectivity index (χ3v) is 3.46. The van der Waals surface area contributed by atoms with Crippen LogP contribution in [0.3, 0.4) is 0 Å². The zero-order chi connectivity index (χ0) is 14.9. The largest absolute Gasteiger partial charge is 0.496 e. The number of hydrogen-bond donors (Lipinski definition) is 1. The van der Waals surface area contributed by atoms with Gasteiger partial charge in [0.05, 0.1) is 18.1 Å². The lowest BCUT2D eigenvalue weighted by Crippen LogP contribution is -2.33. The number of nitrogens with zero attached hydrogens (tertiary/aromatic N) is 1. The van der Waals surface area contributed by atoms with E-state index >= 15 is 0 Å². The number of carbonyl (C=O) groups excluding carboxylic acids is 2. The van der Waals surface area contributed by atoms with Crippen molar-refractivity contribution in [2.75, 3.05) is 20.7 Å². The van der Waals surface area contributed by atoms with Crippen LogP contribution in [0.5, 0.6) is 5.75 Å². The monoisotopic (exact) mass is 274 g/mol. The SMILES string of the molecule is CCN(C)C(=O)C(=O)c1c[nH]c2ccc(C)c(OC)c12. The molecule has 2 aromatic rings. The van der Waals surface area contributed by atoms with Gasteiger partial charge in [-0.2, -0.15) is 0 Å². The molecule has 0 bridgehead atoms. The number of methoxy groups -OCH3 is 1. The number of benzene rings is 1. The highest BCUT2D eigenvalue weighted by molar-refractivity contribution is 6.45. The molecule has 0 aliphatic rings. The predicted octanol–water partition coefficient (Wildman–Crippen LogP) is 2.15. The quantitative estimate of drug-likeness (QED) is 0.686. The minimum atomic E-state index is -0.524. The molecule has 1 aromatic heterocycles. The smallest absolute Gasteiger partial charge is 0.294 e. The lowest BCUT2D eigenvalue weighted by molar-refractivity contribution is -0.125. The van der Waals surface area contributed by atoms with E-state index in [1.165, 1.54) is 4.90 Å². The van der Waals surface area contributed by atoms with E-state index in [-0.39, 0.29) is 0 Å². The van der Waals surface area contributed by atoms with Gasteiger partial charge in [0.15, 0.2) is 0 Å². The summed E-state index contributed by atoms with van der Waals surface area (Å²) in [5.41, 5.74) is 2.05. The summed E-state index contributed by atoms with van der Waals surface area (Å²) < 4.78 is 5.38. The van der Waals surface area contributed by atoms with Crippen LogP contribution in [0.2, 0.25) is 0 Å². The first kappa shape index (κ1) is 14.1. The lowest BCUT2D eigenvalue weighted by atomic mass is 10.0. The van der Waals surface area contributed by atoms with E-state index in [0.29, 0.717) is 23.2 Å². The molecule has 1 aromatic carbocycles. The average molecular weight is 274 g/mol. The number of hydrogen-bond acceptors (Lipinski definition) is 3. The number of aryl methyl sites for hydroxylation is 1. The van der Waals surface area contributed by atoms with Crippen molar-refractivity contribution in [3.05, 3.63) is 29.5 Å². The van der Waals surface area contributed by atoms with Gasteiger partial charge in [-0.3, -0.25) is 9.59 Å². The molecule has 0 unspecified atom stereocenters. The van der Waals surface area contributed by atoms with Crippen molar-refractivity contribution in [2.24, 2.45) is 0 Å². The highest BCUT2D eigenvalue weighted by atomic mass is 16.5. The molecule has 1 heterocycles. The Morgan fingerprint density at radius 3 is 2.65 bits per heavy atom. The van der Waals surface area contributed by atoms with Gasteiger partial charge in [0.1, 0.15) is 5.75 Å². The van der Waals surface area contributed by atoms with E-state index in [9.17, 15) is 9.59 Å². The number of nitrogens with one attached hydrogen (secondary N) is 1. The van der Waals surface area contributed by atoms with Crippen LogP contribution >= 0.6 is 0 Å². The molecule has 0 atom stereocenters. The number of H-pyrrole nitrogens is 1. The highest BCUT2D eigenvalue weighted by Crippen LogP contribution is 2.32. The third-order valence-electron chi connectivity index (χ3n) is 3.46. The van der Waals surface area contributed by atoms with Gasteiger partial charge in [0, 0.05) is 25.3 Å². The van der Waals surface area contributed by atoms with Gasteiger partial charge in [0.25, 0.3) is 11.7 Å². The zero-order valence-electron chi connectivity index (χ0n) is 12.1. The maximum absolute atomic E-state index is 12.3. The maximum Gasteiger partial charge on any atom is 0.294 e. The summed E-state index contributed by atoms with van der Waals surface area (Å²) in [6, 6.07) is 3.78. The molecule has 0 saturated heterocycles. The first-order valence-corrected chi connectivity index (χ1v) is 6.45. The Hall–Kier alpha value is -2.30. The molecule has 0 radical (unpaired) electrons. The maximum atomic E-state index is 12.3. The number of carbonyl (C=O) groups is 2. The summed E-state index contributed by atoms with van der Waals surface area (Å²) in [6.45, 7) is 4.22. The van der Waals surface area contributed by atoms with Crippen LogP contribution in [0, 0.1) is 6.92 Å². The number of amides is 1. The van der Waals surface area contributed by atoms with Gasteiger partial charge in [-0.1, -0.05) is 6.07 Å². The Bertz CT molecular complexity index is 673.